The maximum absolute atomic E-state index is 6.26. The number of hydrogen-bond acceptors (Lipinski definition) is 3. The molecule has 1 fully saturated rings. The first kappa shape index (κ1) is 15.0. The van der Waals surface area contributed by atoms with Gasteiger partial charge in [0.25, 0.3) is 0 Å². The summed E-state index contributed by atoms with van der Waals surface area (Å²) in [5.74, 6) is 0.854. The summed E-state index contributed by atoms with van der Waals surface area (Å²) in [4.78, 5) is 0. The van der Waals surface area contributed by atoms with E-state index in [1.165, 1.54) is 31.2 Å². The molecule has 1 N–H and O–H groups in total. The molecular formula is C16H27NOS. The maximum atomic E-state index is 6.26. The van der Waals surface area contributed by atoms with Crippen molar-refractivity contribution in [3.05, 3.63) is 22.4 Å². The van der Waals surface area contributed by atoms with E-state index < -0.39 is 0 Å². The van der Waals surface area contributed by atoms with Gasteiger partial charge in [0.05, 0.1) is 5.60 Å². The van der Waals surface area contributed by atoms with Gasteiger partial charge in [-0.2, -0.15) is 11.3 Å². The topological polar surface area (TPSA) is 21.3 Å². The summed E-state index contributed by atoms with van der Waals surface area (Å²) in [6.07, 6.45) is 6.05. The van der Waals surface area contributed by atoms with Crippen molar-refractivity contribution in [2.75, 3.05) is 13.7 Å². The van der Waals surface area contributed by atoms with Crippen molar-refractivity contribution in [1.82, 2.24) is 5.32 Å². The van der Waals surface area contributed by atoms with E-state index in [0.29, 0.717) is 6.04 Å². The third kappa shape index (κ3) is 3.59. The van der Waals surface area contributed by atoms with Crippen molar-refractivity contribution < 1.29 is 4.74 Å². The third-order valence-electron chi connectivity index (χ3n) is 4.56. The molecule has 2 nitrogen and oxygen atoms in total. The fourth-order valence-corrected chi connectivity index (χ4v) is 4.01. The number of nitrogens with one attached hydrogen (secondary N) is 1. The van der Waals surface area contributed by atoms with Gasteiger partial charge in [0.2, 0.25) is 0 Å². The van der Waals surface area contributed by atoms with Gasteiger partial charge < -0.3 is 10.1 Å². The van der Waals surface area contributed by atoms with E-state index in [9.17, 15) is 0 Å². The van der Waals surface area contributed by atoms with Crippen LogP contribution in [0.15, 0.2) is 16.8 Å². The normalized spacial score (nSPS) is 29.3. The lowest BCUT2D eigenvalue weighted by Gasteiger charge is -2.44. The molecular weight excluding hydrogens is 254 g/mol. The van der Waals surface area contributed by atoms with Crippen LogP contribution in [0, 0.1) is 5.92 Å². The van der Waals surface area contributed by atoms with Crippen LogP contribution in [-0.4, -0.2) is 25.3 Å². The van der Waals surface area contributed by atoms with E-state index >= 15 is 0 Å². The lowest BCUT2D eigenvalue weighted by atomic mass is 9.74. The van der Waals surface area contributed by atoms with Crippen molar-refractivity contribution in [3.63, 3.8) is 0 Å². The molecule has 0 saturated heterocycles. The summed E-state index contributed by atoms with van der Waals surface area (Å²) in [7, 11) is 2.08. The molecule has 0 aliphatic heterocycles. The molecule has 1 heterocycles. The number of thiophene rings is 1. The summed E-state index contributed by atoms with van der Waals surface area (Å²) in [5, 5.41) is 7.95. The van der Waals surface area contributed by atoms with Crippen LogP contribution in [0.5, 0.6) is 0 Å². The highest BCUT2D eigenvalue weighted by Gasteiger charge is 2.41. The van der Waals surface area contributed by atoms with Gasteiger partial charge in [-0.15, -0.1) is 0 Å². The minimum Gasteiger partial charge on any atom is -0.374 e. The van der Waals surface area contributed by atoms with E-state index in [2.05, 4.69) is 43.0 Å². The van der Waals surface area contributed by atoms with Crippen molar-refractivity contribution in [1.29, 1.82) is 0 Å². The summed E-state index contributed by atoms with van der Waals surface area (Å²) in [6.45, 7) is 5.30. The second kappa shape index (κ2) is 6.87. The SMILES string of the molecule is CCOC1(C(Cc2ccsc2)NC)CCC(C)CC1. The Morgan fingerprint density at radius 3 is 2.74 bits per heavy atom. The second-order valence-electron chi connectivity index (χ2n) is 5.86. The van der Waals surface area contributed by atoms with Crippen molar-refractivity contribution in [3.8, 4) is 0 Å². The lowest BCUT2D eigenvalue weighted by molar-refractivity contribution is -0.0947. The Bertz CT molecular complexity index is 355. The van der Waals surface area contributed by atoms with Gasteiger partial charge >= 0.3 is 0 Å². The highest BCUT2D eigenvalue weighted by molar-refractivity contribution is 7.07. The first-order valence-corrected chi connectivity index (χ1v) is 8.46. The van der Waals surface area contributed by atoms with Crippen LogP contribution >= 0.6 is 11.3 Å². The van der Waals surface area contributed by atoms with E-state index in [0.717, 1.165) is 18.9 Å². The molecule has 1 unspecified atom stereocenters. The predicted octanol–water partition coefficient (Wildman–Crippen LogP) is 3.86. The lowest BCUT2D eigenvalue weighted by Crippen LogP contribution is -2.54. The number of likely N-dealkylation sites (N-methyl/N-ethyl adjacent to an activating group) is 1. The zero-order valence-electron chi connectivity index (χ0n) is 12.4. The average molecular weight is 281 g/mol. The van der Waals surface area contributed by atoms with Gasteiger partial charge in [-0.05, 0) is 74.4 Å². The van der Waals surface area contributed by atoms with E-state index in [4.69, 9.17) is 4.74 Å². The van der Waals surface area contributed by atoms with Crippen LogP contribution in [-0.2, 0) is 11.2 Å². The quantitative estimate of drug-likeness (QED) is 0.855. The van der Waals surface area contributed by atoms with Crippen LogP contribution in [0.1, 0.15) is 45.1 Å². The molecule has 1 aromatic rings. The number of ether oxygens (including phenoxy) is 1. The Labute approximate surface area is 121 Å². The van der Waals surface area contributed by atoms with Crippen molar-refractivity contribution >= 4 is 11.3 Å². The predicted molar refractivity (Wildman–Crippen MR) is 82.9 cm³/mol. The van der Waals surface area contributed by atoms with Gasteiger partial charge in [-0.25, -0.2) is 0 Å². The standard InChI is InChI=1S/C16H27NOS/c1-4-18-16(8-5-13(2)6-9-16)15(17-3)11-14-7-10-19-12-14/h7,10,12-13,15,17H,4-6,8-9,11H2,1-3H3. The molecule has 1 saturated carbocycles. The fourth-order valence-electron chi connectivity index (χ4n) is 3.33. The minimum absolute atomic E-state index is 0.0396. The van der Waals surface area contributed by atoms with Crippen LogP contribution in [0.4, 0.5) is 0 Å². The number of rotatable bonds is 6. The van der Waals surface area contributed by atoms with Crippen molar-refractivity contribution in [2.45, 2.75) is 57.6 Å². The molecule has 1 aliphatic rings. The smallest absolute Gasteiger partial charge is 0.0837 e. The summed E-state index contributed by atoms with van der Waals surface area (Å²) in [6, 6.07) is 2.66. The van der Waals surface area contributed by atoms with E-state index in [1.807, 2.05) is 0 Å². The first-order chi connectivity index (χ1) is 9.20. The van der Waals surface area contributed by atoms with Crippen molar-refractivity contribution in [2.24, 2.45) is 5.92 Å². The van der Waals surface area contributed by atoms with Gasteiger partial charge in [-0.1, -0.05) is 6.92 Å². The summed E-state index contributed by atoms with van der Waals surface area (Å²) >= 11 is 1.78. The zero-order valence-corrected chi connectivity index (χ0v) is 13.3. The van der Waals surface area contributed by atoms with Gasteiger partial charge in [0.15, 0.2) is 0 Å². The Morgan fingerprint density at radius 1 is 1.47 bits per heavy atom. The molecule has 19 heavy (non-hydrogen) atoms. The second-order valence-corrected chi connectivity index (χ2v) is 6.64. The highest BCUT2D eigenvalue weighted by atomic mass is 32.1. The van der Waals surface area contributed by atoms with Gasteiger partial charge in [0.1, 0.15) is 0 Å². The molecule has 0 radical (unpaired) electrons. The monoisotopic (exact) mass is 281 g/mol. The van der Waals surface area contributed by atoms with Crippen LogP contribution in [0.25, 0.3) is 0 Å². The average Bonchev–Trinajstić information content (AvgIpc) is 2.92. The zero-order chi connectivity index (χ0) is 13.7. The van der Waals surface area contributed by atoms with Gasteiger partial charge in [-0.3, -0.25) is 0 Å². The molecule has 108 valence electrons. The molecule has 1 aliphatic carbocycles. The highest BCUT2D eigenvalue weighted by Crippen LogP contribution is 2.38. The fraction of sp³-hybridized carbons (Fsp3) is 0.750. The third-order valence-corrected chi connectivity index (χ3v) is 5.29. The van der Waals surface area contributed by atoms with E-state index in [-0.39, 0.29) is 5.60 Å². The summed E-state index contributed by atoms with van der Waals surface area (Å²) < 4.78 is 6.26. The van der Waals surface area contributed by atoms with E-state index in [1.54, 1.807) is 11.3 Å². The first-order valence-electron chi connectivity index (χ1n) is 7.52. The van der Waals surface area contributed by atoms with Crippen LogP contribution in [0.3, 0.4) is 0 Å². The molecule has 0 spiro atoms. The Balaban J connectivity index is 2.10. The molecule has 2 rings (SSSR count). The van der Waals surface area contributed by atoms with Crippen LogP contribution in [0.2, 0.25) is 0 Å². The molecule has 0 bridgehead atoms. The molecule has 1 aromatic heterocycles. The molecule has 0 aromatic carbocycles. The molecule has 0 amide bonds. The van der Waals surface area contributed by atoms with Gasteiger partial charge in [0, 0.05) is 12.6 Å². The summed E-state index contributed by atoms with van der Waals surface area (Å²) in [5.41, 5.74) is 1.47. The largest absolute Gasteiger partial charge is 0.374 e. The Kier molecular flexibility index (Phi) is 5.43. The Hall–Kier alpha value is -0.380. The Morgan fingerprint density at radius 2 is 2.21 bits per heavy atom. The molecule has 3 heteroatoms. The minimum atomic E-state index is 0.0396. The van der Waals surface area contributed by atoms with Crippen LogP contribution < -0.4 is 5.32 Å². The molecule has 1 atom stereocenters. The number of hydrogen-bond donors (Lipinski definition) is 1. The maximum Gasteiger partial charge on any atom is 0.0837 e.